The maximum Gasteiger partial charge on any atom is 0.257 e. The normalized spacial score (nSPS) is 15.7. The average Bonchev–Trinajstić information content (AvgIpc) is 3.24. The summed E-state index contributed by atoms with van der Waals surface area (Å²) in [5, 5.41) is 1.74. The van der Waals surface area contributed by atoms with E-state index >= 15 is 0 Å². The number of rotatable bonds is 2. The summed E-state index contributed by atoms with van der Waals surface area (Å²) in [4.78, 5) is 14.5. The van der Waals surface area contributed by atoms with Crippen molar-refractivity contribution in [3.63, 3.8) is 0 Å². The van der Waals surface area contributed by atoms with Crippen LogP contribution in [0.5, 0.6) is 0 Å². The third-order valence-corrected chi connectivity index (χ3v) is 6.57. The molecule has 0 bridgehead atoms. The minimum absolute atomic E-state index is 0.179. The lowest BCUT2D eigenvalue weighted by Crippen LogP contribution is -2.35. The van der Waals surface area contributed by atoms with Gasteiger partial charge in [0.1, 0.15) is 17.2 Å². The van der Waals surface area contributed by atoms with Crippen molar-refractivity contribution in [2.45, 2.75) is 79.9 Å². The SMILES string of the molecule is [2H]C([2H])([2H])c1cc(C)[n+](-c2c(C)ccc3c2oc2cc(-c4nc(C(C)(C)C)nc(C(C)(C)C)n4)ccc23)cc1C([2H])([2H])[2H]. The highest BCUT2D eigenvalue weighted by molar-refractivity contribution is 6.08. The van der Waals surface area contributed by atoms with Gasteiger partial charge in [-0.1, -0.05) is 53.7 Å². The second-order valence-electron chi connectivity index (χ2n) is 11.8. The van der Waals surface area contributed by atoms with E-state index in [1.807, 2.05) is 37.3 Å². The van der Waals surface area contributed by atoms with Crippen LogP contribution in [0.25, 0.3) is 39.0 Å². The Morgan fingerprint density at radius 3 is 2.03 bits per heavy atom. The lowest BCUT2D eigenvalue weighted by Gasteiger charge is -2.22. The van der Waals surface area contributed by atoms with Gasteiger partial charge in [0.15, 0.2) is 17.7 Å². The van der Waals surface area contributed by atoms with Gasteiger partial charge in [0.25, 0.3) is 5.69 Å². The first kappa shape index (κ1) is 18.6. The number of hydrogen-bond donors (Lipinski definition) is 0. The van der Waals surface area contributed by atoms with Crippen LogP contribution < -0.4 is 4.57 Å². The zero-order valence-corrected chi connectivity index (χ0v) is 22.7. The van der Waals surface area contributed by atoms with Crippen molar-refractivity contribution < 1.29 is 17.2 Å². The summed E-state index contributed by atoms with van der Waals surface area (Å²) in [6.45, 7) is 10.9. The lowest BCUT2D eigenvalue weighted by atomic mass is 9.93. The number of benzene rings is 2. The van der Waals surface area contributed by atoms with E-state index in [1.165, 1.54) is 12.3 Å². The van der Waals surface area contributed by atoms with Gasteiger partial charge >= 0.3 is 0 Å². The monoisotopic (exact) mass is 499 g/mol. The number of furan rings is 1. The molecule has 0 aliphatic rings. The van der Waals surface area contributed by atoms with Gasteiger partial charge in [-0.2, -0.15) is 4.57 Å². The fraction of sp³-hybridized carbons (Fsp3) is 0.375. The van der Waals surface area contributed by atoms with Gasteiger partial charge in [-0.15, -0.1) is 0 Å². The van der Waals surface area contributed by atoms with Crippen LogP contribution in [0.4, 0.5) is 0 Å². The molecule has 2 aromatic carbocycles. The van der Waals surface area contributed by atoms with Crippen molar-refractivity contribution >= 4 is 21.9 Å². The van der Waals surface area contributed by atoms with Crippen molar-refractivity contribution in [3.05, 3.63) is 76.6 Å². The molecular weight excluding hydrogens is 456 g/mol. The number of nitrogens with zero attached hydrogens (tertiary/aromatic N) is 4. The van der Waals surface area contributed by atoms with Gasteiger partial charge in [0, 0.05) is 59.5 Å². The largest absolute Gasteiger partial charge is 0.449 e. The van der Waals surface area contributed by atoms with E-state index in [-0.39, 0.29) is 22.0 Å². The van der Waals surface area contributed by atoms with Gasteiger partial charge < -0.3 is 4.42 Å². The minimum atomic E-state index is -2.62. The molecule has 0 unspecified atom stereocenters. The van der Waals surface area contributed by atoms with E-state index in [0.29, 0.717) is 40.0 Å². The Bertz CT molecular complexity index is 1860. The second-order valence-corrected chi connectivity index (χ2v) is 11.8. The molecule has 0 N–H and O–H groups in total. The molecule has 3 aromatic heterocycles. The van der Waals surface area contributed by atoms with Crippen LogP contribution in [-0.2, 0) is 10.8 Å². The Hall–Kier alpha value is -3.60. The molecule has 5 rings (SSSR count). The summed E-state index contributed by atoms with van der Waals surface area (Å²) in [6.07, 6.45) is 1.41. The number of fused-ring (bicyclic) bond motifs is 3. The predicted molar refractivity (Wildman–Crippen MR) is 150 cm³/mol. The van der Waals surface area contributed by atoms with E-state index in [4.69, 9.17) is 27.6 Å². The predicted octanol–water partition coefficient (Wildman–Crippen LogP) is 7.54. The fourth-order valence-electron chi connectivity index (χ4n) is 4.44. The summed E-state index contributed by atoms with van der Waals surface area (Å²) in [6, 6.07) is 11.3. The molecule has 0 aliphatic carbocycles. The number of pyridine rings is 1. The molecule has 0 amide bonds. The number of aryl methyl sites for hydroxylation is 4. The first-order valence-corrected chi connectivity index (χ1v) is 12.5. The van der Waals surface area contributed by atoms with E-state index in [0.717, 1.165) is 21.9 Å². The van der Waals surface area contributed by atoms with E-state index < -0.39 is 13.7 Å². The van der Waals surface area contributed by atoms with Gasteiger partial charge in [0.05, 0.1) is 0 Å². The van der Waals surface area contributed by atoms with Crippen LogP contribution in [-0.4, -0.2) is 15.0 Å². The van der Waals surface area contributed by atoms with E-state index in [1.54, 1.807) is 11.5 Å². The molecule has 0 atom stereocenters. The molecular formula is C32H37N4O+. The lowest BCUT2D eigenvalue weighted by molar-refractivity contribution is -0.602. The third-order valence-electron chi connectivity index (χ3n) is 6.57. The Morgan fingerprint density at radius 2 is 1.41 bits per heavy atom. The summed E-state index contributed by atoms with van der Waals surface area (Å²) < 4.78 is 56.3. The van der Waals surface area contributed by atoms with Crippen LogP contribution in [0.3, 0.4) is 0 Å². The minimum Gasteiger partial charge on any atom is -0.449 e. The van der Waals surface area contributed by atoms with Crippen LogP contribution in [0.2, 0.25) is 0 Å². The summed E-state index contributed by atoms with van der Waals surface area (Å²) >= 11 is 0. The van der Waals surface area contributed by atoms with Crippen molar-refractivity contribution in [1.29, 1.82) is 0 Å². The fourth-order valence-corrected chi connectivity index (χ4v) is 4.44. The Labute approximate surface area is 228 Å². The average molecular weight is 500 g/mol. The smallest absolute Gasteiger partial charge is 0.257 e. The standard InChI is InChI=1S/C32H37N4O/c1-18-11-13-24-23-14-12-22(28-33-29(31(5,6)7)35-30(34-28)32(8,9)10)16-25(23)37-27(24)26(18)36-17-20(3)19(2)15-21(36)4/h11-17H,1-10H3/q+1/i2D3,3D3. The third kappa shape index (κ3) is 4.41. The molecule has 5 nitrogen and oxygen atoms in total. The van der Waals surface area contributed by atoms with Crippen LogP contribution in [0.15, 0.2) is 47.0 Å². The molecule has 0 saturated heterocycles. The molecule has 5 aromatic rings. The molecule has 0 radical (unpaired) electrons. The molecule has 190 valence electrons. The Morgan fingerprint density at radius 1 is 0.757 bits per heavy atom. The summed E-state index contributed by atoms with van der Waals surface area (Å²) in [5.74, 6) is 1.99. The molecule has 0 saturated carbocycles. The van der Waals surface area contributed by atoms with Crippen LogP contribution >= 0.6 is 0 Å². The van der Waals surface area contributed by atoms with E-state index in [9.17, 15) is 0 Å². The molecule has 37 heavy (non-hydrogen) atoms. The van der Waals surface area contributed by atoms with E-state index in [2.05, 4.69) is 41.5 Å². The Kier molecular flexibility index (Phi) is 4.26. The van der Waals surface area contributed by atoms with Gasteiger partial charge in [-0.3, -0.25) is 0 Å². The molecule has 0 spiro atoms. The number of hydrogen-bond acceptors (Lipinski definition) is 4. The first-order chi connectivity index (χ1) is 19.7. The second kappa shape index (κ2) is 8.47. The first-order valence-electron chi connectivity index (χ1n) is 15.5. The van der Waals surface area contributed by atoms with Gasteiger partial charge in [0.2, 0.25) is 5.58 Å². The summed E-state index contributed by atoms with van der Waals surface area (Å²) in [7, 11) is 0. The van der Waals surface area contributed by atoms with Gasteiger partial charge in [-0.25, -0.2) is 15.0 Å². The van der Waals surface area contributed by atoms with Crippen molar-refractivity contribution in [2.75, 3.05) is 0 Å². The maximum absolute atomic E-state index is 8.07. The van der Waals surface area contributed by atoms with Crippen LogP contribution in [0, 0.1) is 27.6 Å². The molecule has 5 heteroatoms. The van der Waals surface area contributed by atoms with Crippen molar-refractivity contribution in [1.82, 2.24) is 15.0 Å². The molecule has 3 heterocycles. The number of aromatic nitrogens is 4. The zero-order valence-electron chi connectivity index (χ0n) is 28.7. The maximum atomic E-state index is 8.07. The zero-order chi connectivity index (χ0) is 31.9. The van der Waals surface area contributed by atoms with Crippen molar-refractivity contribution in [3.8, 4) is 17.1 Å². The highest BCUT2D eigenvalue weighted by Crippen LogP contribution is 2.35. The molecule has 0 aliphatic heterocycles. The van der Waals surface area contributed by atoms with Crippen molar-refractivity contribution in [2.24, 2.45) is 0 Å². The quantitative estimate of drug-likeness (QED) is 0.235. The van der Waals surface area contributed by atoms with Gasteiger partial charge in [-0.05, 0) is 44.4 Å². The highest BCUT2D eigenvalue weighted by atomic mass is 16.3. The molecule has 0 fully saturated rings. The topological polar surface area (TPSA) is 55.7 Å². The van der Waals surface area contributed by atoms with Crippen LogP contribution in [0.1, 0.15) is 83.8 Å². The summed E-state index contributed by atoms with van der Waals surface area (Å²) in [5.41, 5.74) is 3.12. The Balaban J connectivity index is 1.75. The highest BCUT2D eigenvalue weighted by Gasteiger charge is 2.27.